The van der Waals surface area contributed by atoms with Gasteiger partial charge in [-0.2, -0.15) is 13.2 Å². The molecule has 0 spiro atoms. The molecule has 3 nitrogen and oxygen atoms in total. The Kier molecular flexibility index (Phi) is 3.29. The summed E-state index contributed by atoms with van der Waals surface area (Å²) in [5, 5.41) is 12.6. The van der Waals surface area contributed by atoms with Crippen molar-refractivity contribution in [3.8, 4) is 5.75 Å². The van der Waals surface area contributed by atoms with Gasteiger partial charge in [0.05, 0.1) is 11.5 Å². The van der Waals surface area contributed by atoms with Crippen LogP contribution in [-0.4, -0.2) is 11.0 Å². The van der Waals surface area contributed by atoms with Crippen LogP contribution in [0.15, 0.2) is 36.4 Å². The Bertz CT molecular complexity index is 774. The van der Waals surface area contributed by atoms with E-state index in [1.165, 1.54) is 24.3 Å². The Morgan fingerprint density at radius 1 is 1.09 bits per heavy atom. The summed E-state index contributed by atoms with van der Waals surface area (Å²) in [4.78, 5) is 12.1. The van der Waals surface area contributed by atoms with E-state index in [4.69, 9.17) is 11.6 Å². The van der Waals surface area contributed by atoms with Gasteiger partial charge >= 0.3 is 6.18 Å². The van der Waals surface area contributed by atoms with Crippen molar-refractivity contribution in [2.24, 2.45) is 0 Å². The van der Waals surface area contributed by atoms with Gasteiger partial charge in [-0.1, -0.05) is 17.7 Å². The summed E-state index contributed by atoms with van der Waals surface area (Å²) >= 11 is 5.86. The number of fused-ring (bicyclic) bond motifs is 1. The van der Waals surface area contributed by atoms with E-state index >= 15 is 0 Å². The minimum atomic E-state index is -4.49. The smallest absolute Gasteiger partial charge is 0.416 e. The van der Waals surface area contributed by atoms with Crippen molar-refractivity contribution in [3.63, 3.8) is 0 Å². The van der Waals surface area contributed by atoms with Crippen LogP contribution < -0.4 is 5.32 Å². The minimum absolute atomic E-state index is 0.0872. The molecular formula is C15H9ClF3NO2. The van der Waals surface area contributed by atoms with E-state index < -0.39 is 23.6 Å². The molecule has 0 aliphatic carbocycles. The molecule has 0 bridgehead atoms. The molecule has 3 rings (SSSR count). The molecule has 7 heteroatoms. The first-order chi connectivity index (χ1) is 10.3. The maximum Gasteiger partial charge on any atom is 0.416 e. The zero-order valence-corrected chi connectivity index (χ0v) is 11.7. The monoisotopic (exact) mass is 327 g/mol. The van der Waals surface area contributed by atoms with E-state index in [0.29, 0.717) is 10.6 Å². The highest BCUT2D eigenvalue weighted by Crippen LogP contribution is 2.43. The van der Waals surface area contributed by atoms with Crippen LogP contribution in [0, 0.1) is 0 Å². The third-order valence-corrected chi connectivity index (χ3v) is 3.75. The number of nitrogens with one attached hydrogen (secondary N) is 1. The Hall–Kier alpha value is -2.21. The van der Waals surface area contributed by atoms with Crippen LogP contribution in [0.25, 0.3) is 0 Å². The molecular weight excluding hydrogens is 319 g/mol. The van der Waals surface area contributed by atoms with Gasteiger partial charge in [0.25, 0.3) is 0 Å². The molecule has 0 fully saturated rings. The molecule has 2 N–H and O–H groups in total. The molecule has 1 heterocycles. The standard InChI is InChI=1S/C15H9ClF3NO2/c16-8-2-4-12(21)10(6-8)13-9-3-1-7(15(17,18)19)5-11(9)20-14(13)22/h1-6,13,21H,(H,20,22). The number of rotatable bonds is 1. The topological polar surface area (TPSA) is 49.3 Å². The molecule has 114 valence electrons. The lowest BCUT2D eigenvalue weighted by molar-refractivity contribution is -0.137. The van der Waals surface area contributed by atoms with Crippen molar-refractivity contribution in [2.45, 2.75) is 12.1 Å². The highest BCUT2D eigenvalue weighted by Gasteiger charge is 2.37. The van der Waals surface area contributed by atoms with Crippen LogP contribution in [0.3, 0.4) is 0 Å². The summed E-state index contributed by atoms with van der Waals surface area (Å²) in [7, 11) is 0. The summed E-state index contributed by atoms with van der Waals surface area (Å²) in [6, 6.07) is 7.26. The lowest BCUT2D eigenvalue weighted by atomic mass is 9.91. The molecule has 22 heavy (non-hydrogen) atoms. The predicted octanol–water partition coefficient (Wildman–Crippen LogP) is 4.15. The van der Waals surface area contributed by atoms with E-state index in [2.05, 4.69) is 5.32 Å². The zero-order chi connectivity index (χ0) is 16.1. The van der Waals surface area contributed by atoms with E-state index in [1.54, 1.807) is 0 Å². The average Bonchev–Trinajstić information content (AvgIpc) is 2.75. The Balaban J connectivity index is 2.11. The van der Waals surface area contributed by atoms with Crippen molar-refractivity contribution in [2.75, 3.05) is 5.32 Å². The molecule has 2 aromatic carbocycles. The largest absolute Gasteiger partial charge is 0.508 e. The number of phenolic OH excluding ortho intramolecular Hbond substituents is 1. The summed E-state index contributed by atoms with van der Waals surface area (Å²) in [5.41, 5.74) is -0.134. The fourth-order valence-electron chi connectivity index (χ4n) is 2.50. The van der Waals surface area contributed by atoms with Crippen LogP contribution in [0.5, 0.6) is 5.75 Å². The number of amides is 1. The number of benzene rings is 2. The number of hydrogen-bond donors (Lipinski definition) is 2. The van der Waals surface area contributed by atoms with Crippen molar-refractivity contribution >= 4 is 23.2 Å². The van der Waals surface area contributed by atoms with Gasteiger partial charge in [-0.15, -0.1) is 0 Å². The first-order valence-electron chi connectivity index (χ1n) is 6.28. The van der Waals surface area contributed by atoms with E-state index in [1.807, 2.05) is 0 Å². The second-order valence-corrected chi connectivity index (χ2v) is 5.36. The number of anilines is 1. The number of aromatic hydroxyl groups is 1. The van der Waals surface area contributed by atoms with Crippen LogP contribution >= 0.6 is 11.6 Å². The van der Waals surface area contributed by atoms with E-state index in [9.17, 15) is 23.1 Å². The quantitative estimate of drug-likeness (QED) is 0.826. The number of carbonyl (C=O) groups is 1. The van der Waals surface area contributed by atoms with Crippen LogP contribution in [0.2, 0.25) is 5.02 Å². The van der Waals surface area contributed by atoms with Gasteiger partial charge in [0, 0.05) is 16.3 Å². The highest BCUT2D eigenvalue weighted by atomic mass is 35.5. The Morgan fingerprint density at radius 3 is 2.50 bits per heavy atom. The van der Waals surface area contributed by atoms with Gasteiger partial charge in [0.15, 0.2) is 0 Å². The number of halogens is 4. The van der Waals surface area contributed by atoms with Crippen molar-refractivity contribution in [1.29, 1.82) is 0 Å². The molecule has 0 saturated carbocycles. The van der Waals surface area contributed by atoms with Crippen LogP contribution in [0.1, 0.15) is 22.6 Å². The van der Waals surface area contributed by atoms with Gasteiger partial charge in [0.1, 0.15) is 5.75 Å². The van der Waals surface area contributed by atoms with E-state index in [0.717, 1.165) is 12.1 Å². The molecule has 0 saturated heterocycles. The fraction of sp³-hybridized carbons (Fsp3) is 0.133. The van der Waals surface area contributed by atoms with Gasteiger partial charge < -0.3 is 10.4 Å². The van der Waals surface area contributed by atoms with Gasteiger partial charge in [-0.05, 0) is 35.9 Å². The lowest BCUT2D eigenvalue weighted by Crippen LogP contribution is -2.13. The third-order valence-electron chi connectivity index (χ3n) is 3.51. The van der Waals surface area contributed by atoms with Crippen LogP contribution in [-0.2, 0) is 11.0 Å². The molecule has 1 aliphatic rings. The predicted molar refractivity (Wildman–Crippen MR) is 75.0 cm³/mol. The molecule has 1 amide bonds. The maximum absolute atomic E-state index is 12.7. The summed E-state index contributed by atoms with van der Waals surface area (Å²) in [6.45, 7) is 0. The second kappa shape index (κ2) is 4.91. The molecule has 0 radical (unpaired) electrons. The number of phenols is 1. The molecule has 1 unspecified atom stereocenters. The first-order valence-corrected chi connectivity index (χ1v) is 6.65. The second-order valence-electron chi connectivity index (χ2n) is 4.93. The molecule has 0 aromatic heterocycles. The number of carbonyl (C=O) groups excluding carboxylic acids is 1. The molecule has 2 aromatic rings. The van der Waals surface area contributed by atoms with Crippen molar-refractivity contribution in [3.05, 3.63) is 58.1 Å². The lowest BCUT2D eigenvalue weighted by Gasteiger charge is -2.12. The third kappa shape index (κ3) is 2.39. The summed E-state index contributed by atoms with van der Waals surface area (Å²) < 4.78 is 38.2. The Labute approximate surface area is 128 Å². The van der Waals surface area contributed by atoms with Gasteiger partial charge in [-0.3, -0.25) is 4.79 Å². The minimum Gasteiger partial charge on any atom is -0.508 e. The average molecular weight is 328 g/mol. The fourth-order valence-corrected chi connectivity index (χ4v) is 2.68. The van der Waals surface area contributed by atoms with Gasteiger partial charge in [0.2, 0.25) is 5.91 Å². The number of hydrogen-bond acceptors (Lipinski definition) is 2. The molecule has 1 aliphatic heterocycles. The van der Waals surface area contributed by atoms with E-state index in [-0.39, 0.29) is 17.0 Å². The summed E-state index contributed by atoms with van der Waals surface area (Å²) in [5.74, 6) is -1.54. The molecule has 1 atom stereocenters. The van der Waals surface area contributed by atoms with Gasteiger partial charge in [-0.25, -0.2) is 0 Å². The number of alkyl halides is 3. The maximum atomic E-state index is 12.7. The van der Waals surface area contributed by atoms with Crippen molar-refractivity contribution < 1.29 is 23.1 Å². The van der Waals surface area contributed by atoms with Crippen molar-refractivity contribution in [1.82, 2.24) is 0 Å². The normalized spacial score (nSPS) is 17.3. The van der Waals surface area contributed by atoms with Crippen LogP contribution in [0.4, 0.5) is 18.9 Å². The first kappa shape index (κ1) is 14.7. The summed E-state index contributed by atoms with van der Waals surface area (Å²) in [6.07, 6.45) is -4.49. The SMILES string of the molecule is O=C1Nc2cc(C(F)(F)F)ccc2C1c1cc(Cl)ccc1O. The Morgan fingerprint density at radius 2 is 1.82 bits per heavy atom. The zero-order valence-electron chi connectivity index (χ0n) is 10.9. The highest BCUT2D eigenvalue weighted by molar-refractivity contribution is 6.30.